The molecular weight excluding hydrogens is 540 g/mol. The minimum atomic E-state index is -0.395. The van der Waals surface area contributed by atoms with Crippen molar-refractivity contribution in [2.24, 2.45) is 56.7 Å². The minimum absolute atomic E-state index is 0.0192. The quantitative estimate of drug-likeness (QED) is 0.200. The first-order valence-corrected chi connectivity index (χ1v) is 16.8. The first kappa shape index (κ1) is 30.2. The van der Waals surface area contributed by atoms with Gasteiger partial charge in [0, 0.05) is 10.4 Å². The van der Waals surface area contributed by atoms with Gasteiger partial charge < -0.3 is 4.74 Å². The van der Waals surface area contributed by atoms with E-state index in [1.807, 2.05) is 24.3 Å². The molecule has 0 aromatic heterocycles. The van der Waals surface area contributed by atoms with Crippen LogP contribution in [-0.2, 0) is 14.3 Å². The van der Waals surface area contributed by atoms with Crippen LogP contribution in [0.1, 0.15) is 105 Å². The first-order chi connectivity index (χ1) is 19.7. The number of methoxy groups -OCH3 is 1. The number of hydrogen-bond acceptors (Lipinski definition) is 3. The van der Waals surface area contributed by atoms with Gasteiger partial charge in [0.15, 0.2) is 5.78 Å². The molecule has 0 unspecified atom stereocenters. The van der Waals surface area contributed by atoms with Gasteiger partial charge in [-0.25, -0.2) is 0 Å². The Morgan fingerprint density at radius 1 is 0.929 bits per heavy atom. The maximum atomic E-state index is 14.1. The van der Waals surface area contributed by atoms with Crippen molar-refractivity contribution in [3.63, 3.8) is 0 Å². The molecule has 9 atom stereocenters. The lowest BCUT2D eigenvalue weighted by molar-refractivity contribution is -0.232. The van der Waals surface area contributed by atoms with E-state index in [2.05, 4.69) is 54.2 Å². The van der Waals surface area contributed by atoms with Crippen LogP contribution in [0.5, 0.6) is 0 Å². The van der Waals surface area contributed by atoms with Crippen molar-refractivity contribution >= 4 is 29.4 Å². The highest BCUT2D eigenvalue weighted by molar-refractivity contribution is 6.30. The zero-order valence-corrected chi connectivity index (χ0v) is 27.7. The minimum Gasteiger partial charge on any atom is -0.469 e. The van der Waals surface area contributed by atoms with Crippen LogP contribution in [0.25, 0.3) is 6.08 Å². The van der Waals surface area contributed by atoms with Crippen molar-refractivity contribution in [2.75, 3.05) is 7.11 Å². The molecule has 0 bridgehead atoms. The molecule has 0 saturated heterocycles. The van der Waals surface area contributed by atoms with E-state index in [0.29, 0.717) is 40.4 Å². The molecule has 1 aromatic carbocycles. The number of ketones is 1. The Bertz CT molecular complexity index is 1340. The second kappa shape index (κ2) is 9.82. The maximum Gasteiger partial charge on any atom is 0.312 e. The number of Topliss-reactive ketones (excluding diaryl/α,β-unsaturated/α-hetero) is 1. The monoisotopic (exact) mass is 590 g/mol. The molecule has 5 saturated carbocycles. The highest BCUT2D eigenvalue weighted by Gasteiger charge is 2.72. The number of carbonyl (C=O) groups excluding carboxylic acids is 2. The summed E-state index contributed by atoms with van der Waals surface area (Å²) in [4.78, 5) is 27.6. The van der Waals surface area contributed by atoms with Gasteiger partial charge in [0.2, 0.25) is 0 Å². The van der Waals surface area contributed by atoms with Crippen LogP contribution < -0.4 is 0 Å². The fourth-order valence-corrected chi connectivity index (χ4v) is 12.6. The number of ether oxygens (including phenoxy) is 1. The average Bonchev–Trinajstić information content (AvgIpc) is 3.34. The van der Waals surface area contributed by atoms with Gasteiger partial charge in [0.1, 0.15) is 0 Å². The largest absolute Gasteiger partial charge is 0.469 e. The van der Waals surface area contributed by atoms with Gasteiger partial charge in [-0.05, 0) is 140 Å². The van der Waals surface area contributed by atoms with Crippen molar-refractivity contribution in [1.29, 1.82) is 0 Å². The van der Waals surface area contributed by atoms with Gasteiger partial charge in [-0.15, -0.1) is 0 Å². The van der Waals surface area contributed by atoms with Crippen molar-refractivity contribution in [3.8, 4) is 0 Å². The predicted molar refractivity (Wildman–Crippen MR) is 171 cm³/mol. The molecule has 4 heteroatoms. The van der Waals surface area contributed by atoms with E-state index in [4.69, 9.17) is 16.3 Å². The van der Waals surface area contributed by atoms with Crippen molar-refractivity contribution in [1.82, 2.24) is 0 Å². The fourth-order valence-electron chi connectivity index (χ4n) is 12.4. The predicted octanol–water partition coefficient (Wildman–Crippen LogP) is 9.73. The van der Waals surface area contributed by atoms with Gasteiger partial charge in [-0.2, -0.15) is 0 Å². The molecule has 0 radical (unpaired) electrons. The molecule has 6 rings (SSSR count). The number of hydrogen-bond donors (Lipinski definition) is 0. The molecule has 5 fully saturated rings. The Hall–Kier alpha value is -1.87. The number of benzene rings is 1. The number of allylic oxidation sites excluding steroid dienone is 2. The third-order valence-corrected chi connectivity index (χ3v) is 14.7. The Labute approximate surface area is 258 Å². The molecule has 0 N–H and O–H groups in total. The molecule has 5 aliphatic carbocycles. The summed E-state index contributed by atoms with van der Waals surface area (Å²) in [5.74, 6) is 2.42. The lowest BCUT2D eigenvalue weighted by Gasteiger charge is -2.72. The maximum absolute atomic E-state index is 14.1. The number of rotatable bonds is 3. The SMILES string of the molecule is C=C(C)[C@H]1CC[C@@]2(C(=O)OC)CC[C@]3(C)[C@@H](CC[C@H]4[C@@]5(C)CC(=Cc6ccc(Cl)cc6)C(=O)C(C)(C)[C@H]5CC[C@]43C)[C@H]12. The number of carbonyl (C=O) groups is 2. The molecule has 3 nitrogen and oxygen atoms in total. The third kappa shape index (κ3) is 3.90. The molecule has 42 heavy (non-hydrogen) atoms. The summed E-state index contributed by atoms with van der Waals surface area (Å²) >= 11 is 6.18. The Morgan fingerprint density at radius 3 is 2.26 bits per heavy atom. The van der Waals surface area contributed by atoms with Crippen LogP contribution in [-0.4, -0.2) is 18.9 Å². The Morgan fingerprint density at radius 2 is 1.62 bits per heavy atom. The number of esters is 1. The van der Waals surface area contributed by atoms with Gasteiger partial charge >= 0.3 is 5.97 Å². The topological polar surface area (TPSA) is 43.4 Å². The van der Waals surface area contributed by atoms with Crippen LogP contribution in [0.2, 0.25) is 5.02 Å². The summed E-state index contributed by atoms with van der Waals surface area (Å²) in [7, 11) is 1.58. The molecule has 0 spiro atoms. The molecular formula is C38H51ClO3. The van der Waals surface area contributed by atoms with E-state index in [1.165, 1.54) is 12.0 Å². The van der Waals surface area contributed by atoms with Crippen LogP contribution in [0.15, 0.2) is 42.0 Å². The second-order valence-corrected chi connectivity index (χ2v) is 16.7. The zero-order chi connectivity index (χ0) is 30.5. The Kier molecular flexibility index (Phi) is 7.05. The lowest BCUT2D eigenvalue weighted by Crippen LogP contribution is -2.67. The average molecular weight is 591 g/mol. The van der Waals surface area contributed by atoms with E-state index in [0.717, 1.165) is 62.5 Å². The summed E-state index contributed by atoms with van der Waals surface area (Å²) in [5, 5.41) is 0.715. The summed E-state index contributed by atoms with van der Waals surface area (Å²) in [6, 6.07) is 7.87. The van der Waals surface area contributed by atoms with Gasteiger partial charge in [-0.3, -0.25) is 9.59 Å². The van der Waals surface area contributed by atoms with Gasteiger partial charge in [0.05, 0.1) is 12.5 Å². The van der Waals surface area contributed by atoms with E-state index in [-0.39, 0.29) is 27.6 Å². The summed E-state index contributed by atoms with van der Waals surface area (Å²) in [6.07, 6.45) is 11.5. The first-order valence-electron chi connectivity index (χ1n) is 16.4. The van der Waals surface area contributed by atoms with Crippen LogP contribution in [0.3, 0.4) is 0 Å². The van der Waals surface area contributed by atoms with Crippen molar-refractivity contribution in [2.45, 2.75) is 99.3 Å². The lowest BCUT2D eigenvalue weighted by atomic mass is 9.32. The van der Waals surface area contributed by atoms with E-state index >= 15 is 0 Å². The molecule has 1 aromatic rings. The van der Waals surface area contributed by atoms with E-state index in [9.17, 15) is 9.59 Å². The van der Waals surface area contributed by atoms with Crippen LogP contribution in [0, 0.1) is 56.7 Å². The van der Waals surface area contributed by atoms with Crippen molar-refractivity contribution in [3.05, 3.63) is 52.6 Å². The highest BCUT2D eigenvalue weighted by atomic mass is 35.5. The summed E-state index contributed by atoms with van der Waals surface area (Å²) in [6.45, 7) is 18.8. The highest BCUT2D eigenvalue weighted by Crippen LogP contribution is 2.77. The zero-order valence-electron chi connectivity index (χ0n) is 26.9. The smallest absolute Gasteiger partial charge is 0.312 e. The van der Waals surface area contributed by atoms with Gasteiger partial charge in [0.25, 0.3) is 0 Å². The molecule has 0 heterocycles. The molecule has 0 amide bonds. The van der Waals surface area contributed by atoms with Crippen LogP contribution in [0.4, 0.5) is 0 Å². The molecule has 0 aliphatic heterocycles. The second-order valence-electron chi connectivity index (χ2n) is 16.3. The molecule has 228 valence electrons. The third-order valence-electron chi connectivity index (χ3n) is 14.5. The Balaban J connectivity index is 1.41. The summed E-state index contributed by atoms with van der Waals surface area (Å²) in [5.41, 5.74) is 2.83. The normalized spacial score (nSPS) is 44.9. The van der Waals surface area contributed by atoms with Gasteiger partial charge in [-0.1, -0.05) is 70.5 Å². The van der Waals surface area contributed by atoms with Crippen molar-refractivity contribution < 1.29 is 14.3 Å². The number of fused-ring (bicyclic) bond motifs is 7. The summed E-state index contributed by atoms with van der Waals surface area (Å²) < 4.78 is 5.54. The van der Waals surface area contributed by atoms with E-state index in [1.54, 1.807) is 7.11 Å². The fraction of sp³-hybridized carbons (Fsp3) is 0.684. The molecule has 5 aliphatic rings. The van der Waals surface area contributed by atoms with E-state index < -0.39 is 5.41 Å². The number of halogens is 1. The standard InChI is InChI=1S/C38H51ClO3/c1-23(2)27-15-18-38(33(41)42-8)20-19-36(6)28(31(27)38)13-14-30-35(5)22-25(21-24-9-11-26(39)12-10-24)32(40)34(3,4)29(35)16-17-37(30,36)7/h9-12,21,27-31H,1,13-20,22H2,2-8H3/t27-,28+,29-,30+,31+,35+,36-,37-,38-/m1/s1. The van der Waals surface area contributed by atoms with Crippen LogP contribution >= 0.6 is 11.6 Å².